The van der Waals surface area contributed by atoms with Gasteiger partial charge in [0, 0.05) is 29.4 Å². The highest BCUT2D eigenvalue weighted by Gasteiger charge is 2.65. The number of rotatable bonds is 42. The molecule has 2 aromatic carbocycles. The zero-order chi connectivity index (χ0) is 52.6. The maximum atomic E-state index is 2.82. The summed E-state index contributed by atoms with van der Waals surface area (Å²) in [4.78, 5) is 0. The van der Waals surface area contributed by atoms with E-state index < -0.39 is 0 Å². The molecule has 2 fully saturated rings. The van der Waals surface area contributed by atoms with Crippen molar-refractivity contribution in [3.63, 3.8) is 0 Å². The van der Waals surface area contributed by atoms with Crippen LogP contribution in [0.2, 0.25) is 0 Å². The zero-order valence-corrected chi connectivity index (χ0v) is 52.3. The minimum Gasteiger partial charge on any atom is -1.00 e. The van der Waals surface area contributed by atoms with Crippen molar-refractivity contribution in [3.05, 3.63) is 71.3 Å². The molecule has 74 heavy (non-hydrogen) atoms. The molecule has 2 heteroatoms. The second-order valence-electron chi connectivity index (χ2n) is 27.0. The van der Waals surface area contributed by atoms with Crippen molar-refractivity contribution >= 4 is 0 Å². The van der Waals surface area contributed by atoms with Crippen molar-refractivity contribution in [1.82, 2.24) is 0 Å². The second-order valence-corrected chi connectivity index (χ2v) is 27.0. The monoisotopic (exact) mass is 1040 g/mol. The predicted molar refractivity (Wildman–Crippen MR) is 326 cm³/mol. The predicted octanol–water partition coefficient (Wildman–Crippen LogP) is 20.6. The summed E-state index contributed by atoms with van der Waals surface area (Å²) >= 11 is 0. The molecule has 0 N–H and O–H groups in total. The highest BCUT2D eigenvalue weighted by Crippen LogP contribution is 2.63. The third-order valence-electron chi connectivity index (χ3n) is 20.2. The van der Waals surface area contributed by atoms with E-state index in [1.54, 1.807) is 16.7 Å². The zero-order valence-electron chi connectivity index (χ0n) is 51.5. The van der Waals surface area contributed by atoms with E-state index in [0.29, 0.717) is 29.7 Å². The number of hydrogen-bond acceptors (Lipinski definition) is 0. The molecule has 4 rings (SSSR count). The van der Waals surface area contributed by atoms with Crippen LogP contribution in [0.25, 0.3) is 0 Å². The Balaban J connectivity index is 0.0000144. The summed E-state index contributed by atoms with van der Waals surface area (Å²) in [6.45, 7) is 20.4. The fourth-order valence-electron chi connectivity index (χ4n) is 15.9. The highest BCUT2D eigenvalue weighted by molar-refractivity contribution is 5.36. The summed E-state index contributed by atoms with van der Waals surface area (Å²) in [6.07, 6.45) is 56.7. The number of benzene rings is 2. The highest BCUT2D eigenvalue weighted by atomic mass is 35.5. The average Bonchev–Trinajstić information content (AvgIpc) is 3.37. The Bertz CT molecular complexity index is 1580. The lowest BCUT2D eigenvalue weighted by atomic mass is 9.49. The molecule has 0 amide bonds. The van der Waals surface area contributed by atoms with Crippen LogP contribution < -0.4 is 12.4 Å². The first-order valence-electron chi connectivity index (χ1n) is 33.5. The van der Waals surface area contributed by atoms with Gasteiger partial charge in [0.25, 0.3) is 0 Å². The SMILES string of the molecule is CCCCCCCCCCCCCCCCCCc1ccccc1C(C1CC(C)CCC1C(C)C)(C1CC(C)CCC1C(C)C)[N+](C)(C)C(CCCCCCCCCCCCCCCCCC)c1ccccc1.[Cl-]. The molecule has 428 valence electrons. The molecule has 7 unspecified atom stereocenters. The largest absolute Gasteiger partial charge is 1.00 e. The first-order chi connectivity index (χ1) is 35.5. The van der Waals surface area contributed by atoms with Crippen LogP contribution in [0.4, 0.5) is 0 Å². The van der Waals surface area contributed by atoms with Gasteiger partial charge in [0.05, 0.1) is 14.1 Å². The lowest BCUT2D eigenvalue weighted by Crippen LogP contribution is -3.00. The van der Waals surface area contributed by atoms with Crippen LogP contribution in [0.15, 0.2) is 54.6 Å². The standard InChI is InChI=1S/C72H128N.ClH/c1-11-13-15-17-19-21-23-25-27-29-31-33-35-37-39-42-48-64-49-46-47-52-68(64)72(69-58-62(7)54-56-66(69)60(3)4,70-59-63(8)55-57-67(70)61(5)6)73(9,10)71(65-50-43-41-44-51-65)53-45-40-38-36-34-32-30-28-26-24-22-20-18-16-14-12-2;/h41,43-44,46-47,49-52,60-63,66-67,69-71H,11-40,42,45,48,53-59H2,1-10H3;1H/q+1;/p-1. The molecule has 0 aromatic heterocycles. The summed E-state index contributed by atoms with van der Waals surface area (Å²) in [5.41, 5.74) is 5.13. The Kier molecular flexibility index (Phi) is 35.4. The average molecular weight is 1040 g/mol. The van der Waals surface area contributed by atoms with Gasteiger partial charge < -0.3 is 16.9 Å². The van der Waals surface area contributed by atoms with Gasteiger partial charge in [0.2, 0.25) is 0 Å². The lowest BCUT2D eigenvalue weighted by Gasteiger charge is -2.65. The molecule has 2 saturated carbocycles. The van der Waals surface area contributed by atoms with Crippen LogP contribution in [0, 0.1) is 47.3 Å². The van der Waals surface area contributed by atoms with E-state index in [-0.39, 0.29) is 17.9 Å². The molecule has 0 heterocycles. The Morgan fingerprint density at radius 2 is 0.770 bits per heavy atom. The maximum absolute atomic E-state index is 2.82. The van der Waals surface area contributed by atoms with Crippen LogP contribution in [-0.4, -0.2) is 18.6 Å². The molecular formula is C72H128ClN. The van der Waals surface area contributed by atoms with Gasteiger partial charge in [-0.2, -0.15) is 0 Å². The first kappa shape index (κ1) is 67.0. The summed E-state index contributed by atoms with van der Waals surface area (Å²) in [7, 11) is 5.64. The van der Waals surface area contributed by atoms with Crippen LogP contribution >= 0.6 is 0 Å². The van der Waals surface area contributed by atoms with Crippen molar-refractivity contribution in [3.8, 4) is 0 Å². The fraction of sp³-hybridized carbons (Fsp3) is 0.833. The van der Waals surface area contributed by atoms with Crippen LogP contribution in [0.5, 0.6) is 0 Å². The number of quaternary nitrogens is 1. The maximum Gasteiger partial charge on any atom is 0.131 e. The molecule has 7 atom stereocenters. The van der Waals surface area contributed by atoms with E-state index in [4.69, 9.17) is 0 Å². The quantitative estimate of drug-likeness (QED) is 0.0459. The molecule has 2 aliphatic carbocycles. The molecular weight excluding hydrogens is 914 g/mol. The number of unbranched alkanes of at least 4 members (excludes halogenated alkanes) is 30. The minimum atomic E-state index is 0. The molecule has 1 nitrogen and oxygen atoms in total. The molecule has 0 bridgehead atoms. The molecule has 2 aliphatic rings. The third-order valence-corrected chi connectivity index (χ3v) is 20.2. The first-order valence-corrected chi connectivity index (χ1v) is 33.5. The normalized spacial score (nSPS) is 21.7. The molecule has 2 aromatic rings. The lowest BCUT2D eigenvalue weighted by molar-refractivity contribution is -0.989. The van der Waals surface area contributed by atoms with E-state index in [9.17, 15) is 0 Å². The summed E-state index contributed by atoms with van der Waals surface area (Å²) in [5.74, 6) is 5.75. The number of nitrogens with zero attached hydrogens (tertiary/aromatic N) is 1. The van der Waals surface area contributed by atoms with E-state index in [1.807, 2.05) is 0 Å². The van der Waals surface area contributed by atoms with Crippen LogP contribution in [0.3, 0.4) is 0 Å². The van der Waals surface area contributed by atoms with Crippen molar-refractivity contribution in [2.75, 3.05) is 14.1 Å². The van der Waals surface area contributed by atoms with Gasteiger partial charge in [0.1, 0.15) is 11.6 Å². The van der Waals surface area contributed by atoms with Gasteiger partial charge in [-0.3, -0.25) is 0 Å². The van der Waals surface area contributed by atoms with Gasteiger partial charge in [-0.25, -0.2) is 0 Å². The van der Waals surface area contributed by atoms with E-state index >= 15 is 0 Å². The van der Waals surface area contributed by atoms with E-state index in [1.165, 1.54) is 257 Å². The molecule has 0 spiro atoms. The van der Waals surface area contributed by atoms with Gasteiger partial charge in [-0.15, -0.1) is 0 Å². The van der Waals surface area contributed by atoms with Crippen molar-refractivity contribution in [2.45, 2.75) is 324 Å². The Labute approximate surface area is 470 Å². The number of halogens is 1. The van der Waals surface area contributed by atoms with Gasteiger partial charge in [-0.05, 0) is 86.0 Å². The molecule has 0 saturated heterocycles. The molecule has 0 radical (unpaired) electrons. The smallest absolute Gasteiger partial charge is 0.131 e. The Morgan fingerprint density at radius 3 is 1.15 bits per heavy atom. The fourth-order valence-corrected chi connectivity index (χ4v) is 15.9. The minimum absolute atomic E-state index is 0. The van der Waals surface area contributed by atoms with Gasteiger partial charge in [-0.1, -0.05) is 315 Å². The van der Waals surface area contributed by atoms with Crippen LogP contribution in [-0.2, 0) is 12.0 Å². The topological polar surface area (TPSA) is 0 Å². The third kappa shape index (κ3) is 22.1. The summed E-state index contributed by atoms with van der Waals surface area (Å²) in [5, 5.41) is 0. The van der Waals surface area contributed by atoms with Gasteiger partial charge in [0.15, 0.2) is 0 Å². The summed E-state index contributed by atoms with van der Waals surface area (Å²) < 4.78 is 1.10. The number of aryl methyl sites for hydroxylation is 1. The summed E-state index contributed by atoms with van der Waals surface area (Å²) in [6, 6.07) is 23.0. The Hall–Kier alpha value is -1.31. The number of hydrogen-bond donors (Lipinski definition) is 0. The second kappa shape index (κ2) is 39.1. The van der Waals surface area contributed by atoms with Crippen molar-refractivity contribution in [2.24, 2.45) is 47.3 Å². The Morgan fingerprint density at radius 1 is 0.432 bits per heavy atom. The van der Waals surface area contributed by atoms with Crippen molar-refractivity contribution in [1.29, 1.82) is 0 Å². The van der Waals surface area contributed by atoms with Crippen molar-refractivity contribution < 1.29 is 16.9 Å². The molecule has 0 aliphatic heterocycles. The van der Waals surface area contributed by atoms with E-state index in [0.717, 1.165) is 28.2 Å². The van der Waals surface area contributed by atoms with Gasteiger partial charge >= 0.3 is 0 Å². The van der Waals surface area contributed by atoms with Crippen LogP contribution in [0.1, 0.15) is 329 Å². The van der Waals surface area contributed by atoms with E-state index in [2.05, 4.69) is 124 Å².